The minimum absolute atomic E-state index is 0.109. The van der Waals surface area contributed by atoms with Gasteiger partial charge in [-0.25, -0.2) is 21.6 Å². The predicted octanol–water partition coefficient (Wildman–Crippen LogP) is -2.77. The molecule has 25 heavy (non-hydrogen) atoms. The van der Waals surface area contributed by atoms with Crippen LogP contribution in [0, 0.1) is 6.92 Å². The van der Waals surface area contributed by atoms with Gasteiger partial charge in [-0.15, -0.1) is 0 Å². The molecule has 11 nitrogen and oxygen atoms in total. The summed E-state index contributed by atoms with van der Waals surface area (Å²) in [5.74, 6) is 0. The smallest absolute Gasteiger partial charge is 0.330 e. The van der Waals surface area contributed by atoms with Gasteiger partial charge in [0.15, 0.2) is 30.0 Å². The predicted molar refractivity (Wildman–Crippen MR) is 85.2 cm³/mol. The molecule has 0 amide bonds. The first-order valence-electron chi connectivity index (χ1n) is 6.95. The third kappa shape index (κ3) is 3.42. The van der Waals surface area contributed by atoms with Crippen LogP contribution in [0.4, 0.5) is 0 Å². The lowest BCUT2D eigenvalue weighted by molar-refractivity contribution is -0.0684. The van der Waals surface area contributed by atoms with E-state index in [0.29, 0.717) is 12.5 Å². The van der Waals surface area contributed by atoms with E-state index in [4.69, 9.17) is 4.74 Å². The Balaban J connectivity index is 2.59. The van der Waals surface area contributed by atoms with E-state index in [2.05, 4.69) is 0 Å². The molecular formula is C12H18N2O9S2. The van der Waals surface area contributed by atoms with Crippen molar-refractivity contribution in [2.45, 2.75) is 36.0 Å². The first-order valence-corrected chi connectivity index (χ1v) is 10.8. The number of ether oxygens (including phenoxy) is 1. The van der Waals surface area contributed by atoms with Crippen molar-refractivity contribution < 1.29 is 31.8 Å². The van der Waals surface area contributed by atoms with Gasteiger partial charge in [-0.3, -0.25) is 14.3 Å². The number of rotatable bonds is 4. The number of aliphatic hydroxyl groups excluding tert-OH is 1. The molecule has 1 aliphatic rings. The number of aryl methyl sites for hydroxylation is 1. The molecule has 1 aliphatic heterocycles. The van der Waals surface area contributed by atoms with Gasteiger partial charge in [-0.2, -0.15) is 0 Å². The fraction of sp³-hybridized carbons (Fsp3) is 0.667. The van der Waals surface area contributed by atoms with E-state index >= 15 is 0 Å². The SMILES string of the molecule is Cc1cn([C@H]2C[C@@](O)(S(C)(=O)=O)[C@@H]([C@@H](O)S(C)(=O)=O)O2)c(=O)[nH]c1=O. The van der Waals surface area contributed by atoms with Crippen LogP contribution in [0.1, 0.15) is 18.2 Å². The van der Waals surface area contributed by atoms with Crippen molar-refractivity contribution in [2.75, 3.05) is 12.5 Å². The summed E-state index contributed by atoms with van der Waals surface area (Å²) in [6, 6.07) is 0. The van der Waals surface area contributed by atoms with Gasteiger partial charge < -0.3 is 14.9 Å². The molecule has 2 heterocycles. The first-order chi connectivity index (χ1) is 11.2. The molecule has 0 unspecified atom stereocenters. The Bertz CT molecular complexity index is 1010. The quantitative estimate of drug-likeness (QED) is 0.485. The molecule has 142 valence electrons. The Kier molecular flexibility index (Phi) is 4.76. The fourth-order valence-electron chi connectivity index (χ4n) is 2.53. The lowest BCUT2D eigenvalue weighted by atomic mass is 10.1. The molecule has 1 fully saturated rings. The summed E-state index contributed by atoms with van der Waals surface area (Å²) in [6.07, 6.45) is -1.78. The zero-order valence-electron chi connectivity index (χ0n) is 13.5. The zero-order chi connectivity index (χ0) is 19.4. The molecule has 4 atom stereocenters. The number of nitrogens with one attached hydrogen (secondary N) is 1. The Morgan fingerprint density at radius 3 is 2.36 bits per heavy atom. The highest BCUT2D eigenvalue weighted by Gasteiger charge is 2.59. The second-order valence-corrected chi connectivity index (χ2v) is 10.4. The van der Waals surface area contributed by atoms with E-state index < -0.39 is 60.0 Å². The highest BCUT2D eigenvalue weighted by molar-refractivity contribution is 7.92. The molecule has 0 spiro atoms. The van der Waals surface area contributed by atoms with Crippen molar-refractivity contribution in [1.29, 1.82) is 0 Å². The monoisotopic (exact) mass is 398 g/mol. The lowest BCUT2D eigenvalue weighted by Gasteiger charge is -2.28. The molecule has 0 aromatic carbocycles. The van der Waals surface area contributed by atoms with E-state index in [1.807, 2.05) is 4.98 Å². The van der Waals surface area contributed by atoms with Crippen molar-refractivity contribution in [2.24, 2.45) is 0 Å². The molecule has 1 aromatic rings. The van der Waals surface area contributed by atoms with Crippen molar-refractivity contribution in [3.05, 3.63) is 32.6 Å². The van der Waals surface area contributed by atoms with Gasteiger partial charge >= 0.3 is 5.69 Å². The Labute approximate surface area is 142 Å². The minimum Gasteiger partial charge on any atom is -0.375 e. The van der Waals surface area contributed by atoms with Gasteiger partial charge in [-0.05, 0) is 6.92 Å². The number of hydrogen-bond acceptors (Lipinski definition) is 9. The number of aromatic amines is 1. The van der Waals surface area contributed by atoms with Crippen LogP contribution in [0.25, 0.3) is 0 Å². The van der Waals surface area contributed by atoms with Crippen LogP contribution < -0.4 is 11.2 Å². The van der Waals surface area contributed by atoms with E-state index in [1.54, 1.807) is 0 Å². The van der Waals surface area contributed by atoms with Gasteiger partial charge in [0.05, 0.1) is 0 Å². The number of aromatic nitrogens is 2. The van der Waals surface area contributed by atoms with Crippen molar-refractivity contribution in [3.8, 4) is 0 Å². The second kappa shape index (κ2) is 6.02. The summed E-state index contributed by atoms with van der Waals surface area (Å²) in [7, 11) is -8.50. The van der Waals surface area contributed by atoms with Crippen LogP contribution in [-0.4, -0.2) is 65.6 Å². The largest absolute Gasteiger partial charge is 0.375 e. The molecule has 3 N–H and O–H groups in total. The number of H-pyrrole nitrogens is 1. The summed E-state index contributed by atoms with van der Waals surface area (Å²) in [5.41, 5.74) is -3.83. The van der Waals surface area contributed by atoms with Gasteiger partial charge in [-0.1, -0.05) is 0 Å². The van der Waals surface area contributed by atoms with Crippen molar-refractivity contribution >= 4 is 19.7 Å². The number of nitrogens with zero attached hydrogens (tertiary/aromatic N) is 1. The second-order valence-electron chi connectivity index (χ2n) is 6.03. The van der Waals surface area contributed by atoms with E-state index in [-0.39, 0.29) is 5.56 Å². The maximum Gasteiger partial charge on any atom is 0.330 e. The molecule has 1 aromatic heterocycles. The molecule has 0 saturated carbocycles. The first kappa shape index (κ1) is 19.8. The number of aliphatic hydroxyl groups is 2. The van der Waals surface area contributed by atoms with Crippen LogP contribution in [0.5, 0.6) is 0 Å². The van der Waals surface area contributed by atoms with Crippen LogP contribution in [-0.2, 0) is 24.4 Å². The van der Waals surface area contributed by atoms with Gasteiger partial charge in [0, 0.05) is 30.7 Å². The molecule has 1 saturated heterocycles. The van der Waals surface area contributed by atoms with Gasteiger partial charge in [0.2, 0.25) is 0 Å². The van der Waals surface area contributed by atoms with Crippen LogP contribution >= 0.6 is 0 Å². The van der Waals surface area contributed by atoms with Crippen LogP contribution in [0.3, 0.4) is 0 Å². The summed E-state index contributed by atoms with van der Waals surface area (Å²) >= 11 is 0. The van der Waals surface area contributed by atoms with Gasteiger partial charge in [0.1, 0.15) is 12.3 Å². The van der Waals surface area contributed by atoms with Crippen LogP contribution in [0.2, 0.25) is 0 Å². The third-order valence-corrected chi connectivity index (χ3v) is 6.82. The maximum atomic E-state index is 12.0. The average Bonchev–Trinajstić information content (AvgIpc) is 2.79. The highest BCUT2D eigenvalue weighted by Crippen LogP contribution is 2.41. The molecule has 2 rings (SSSR count). The zero-order valence-corrected chi connectivity index (χ0v) is 15.2. The molecule has 0 radical (unpaired) electrons. The Morgan fingerprint density at radius 1 is 1.32 bits per heavy atom. The third-order valence-electron chi connectivity index (χ3n) is 4.01. The standard InChI is InChI=1S/C12H18N2O9S2/c1-6-5-14(11(17)13-9(6)15)7-4-12(18,25(3,21)22)8(23-7)10(16)24(2,19)20/h5,7-8,10,16,18H,4H2,1-3H3,(H,13,15,17)/t7-,8-,10+,12-/m1/s1. The Hall–Kier alpha value is -1.54. The molecule has 13 heteroatoms. The molecule has 0 aliphatic carbocycles. The van der Waals surface area contributed by atoms with Crippen molar-refractivity contribution in [3.63, 3.8) is 0 Å². The summed E-state index contributed by atoms with van der Waals surface area (Å²) < 4.78 is 53.2. The molecule has 0 bridgehead atoms. The van der Waals surface area contributed by atoms with E-state index in [0.717, 1.165) is 10.8 Å². The average molecular weight is 398 g/mol. The van der Waals surface area contributed by atoms with Crippen LogP contribution in [0.15, 0.2) is 15.8 Å². The topological polar surface area (TPSA) is 173 Å². The summed E-state index contributed by atoms with van der Waals surface area (Å²) in [6.45, 7) is 1.38. The minimum atomic E-state index is -4.31. The number of hydrogen-bond donors (Lipinski definition) is 3. The van der Waals surface area contributed by atoms with Crippen molar-refractivity contribution in [1.82, 2.24) is 9.55 Å². The normalized spacial score (nSPS) is 28.8. The molecular weight excluding hydrogens is 380 g/mol. The van der Waals surface area contributed by atoms with E-state index in [9.17, 15) is 36.6 Å². The highest BCUT2D eigenvalue weighted by atomic mass is 32.2. The Morgan fingerprint density at radius 2 is 1.88 bits per heavy atom. The summed E-state index contributed by atoms with van der Waals surface area (Å²) in [5, 5.41) is 20.5. The fourth-order valence-corrected chi connectivity index (χ4v) is 4.41. The number of sulfone groups is 2. The maximum absolute atomic E-state index is 12.0. The van der Waals surface area contributed by atoms with Gasteiger partial charge in [0.25, 0.3) is 5.56 Å². The summed E-state index contributed by atoms with van der Waals surface area (Å²) in [4.78, 5) is 22.6. The lowest BCUT2D eigenvalue weighted by Crippen LogP contribution is -2.53. The van der Waals surface area contributed by atoms with E-state index in [1.165, 1.54) is 6.92 Å².